The summed E-state index contributed by atoms with van der Waals surface area (Å²) in [7, 11) is 0. The van der Waals surface area contributed by atoms with Crippen LogP contribution >= 0.6 is 0 Å². The second kappa shape index (κ2) is 5.58. The minimum absolute atomic E-state index is 0.258. The molecule has 21 heavy (non-hydrogen) atoms. The third-order valence-corrected chi connectivity index (χ3v) is 3.13. The fourth-order valence-corrected chi connectivity index (χ4v) is 1.99. The van der Waals surface area contributed by atoms with Gasteiger partial charge in [0.1, 0.15) is 11.5 Å². The van der Waals surface area contributed by atoms with E-state index in [0.29, 0.717) is 11.5 Å². The lowest BCUT2D eigenvalue weighted by atomic mass is 10.1. The molecule has 0 atom stereocenters. The van der Waals surface area contributed by atoms with Crippen LogP contribution in [0.4, 0.5) is 5.82 Å². The Morgan fingerprint density at radius 2 is 1.95 bits per heavy atom. The van der Waals surface area contributed by atoms with E-state index < -0.39 is 0 Å². The zero-order valence-corrected chi connectivity index (χ0v) is 11.5. The summed E-state index contributed by atoms with van der Waals surface area (Å²) in [6.07, 6.45) is 1.64. The number of nitrogens with zero attached hydrogens (tertiary/aromatic N) is 2. The summed E-state index contributed by atoms with van der Waals surface area (Å²) in [4.78, 5) is 16.3. The highest BCUT2D eigenvalue weighted by Crippen LogP contribution is 2.18. The van der Waals surface area contributed by atoms with Gasteiger partial charge in [0.2, 0.25) is 0 Å². The minimum atomic E-state index is -0.258. The molecule has 2 aromatic heterocycles. The van der Waals surface area contributed by atoms with Crippen molar-refractivity contribution >= 4 is 11.7 Å². The first kappa shape index (κ1) is 13.1. The fourth-order valence-electron chi connectivity index (χ4n) is 1.99. The first-order valence-corrected chi connectivity index (χ1v) is 6.58. The van der Waals surface area contributed by atoms with E-state index in [9.17, 15) is 4.79 Å². The van der Waals surface area contributed by atoms with Crippen molar-refractivity contribution in [1.82, 2.24) is 15.2 Å². The largest absolute Gasteiger partial charge is 0.305 e. The lowest BCUT2D eigenvalue weighted by molar-refractivity contribution is 0.102. The van der Waals surface area contributed by atoms with E-state index in [-0.39, 0.29) is 5.91 Å². The molecule has 0 aliphatic carbocycles. The number of benzene rings is 1. The van der Waals surface area contributed by atoms with Crippen LogP contribution in [-0.2, 0) is 0 Å². The molecule has 0 fully saturated rings. The predicted octanol–water partition coefficient (Wildman–Crippen LogP) is 3.03. The van der Waals surface area contributed by atoms with Crippen LogP contribution in [0, 0.1) is 6.92 Å². The maximum atomic E-state index is 12.2. The normalized spacial score (nSPS) is 10.3. The van der Waals surface area contributed by atoms with Crippen LogP contribution in [-0.4, -0.2) is 21.1 Å². The zero-order valence-electron chi connectivity index (χ0n) is 11.5. The lowest BCUT2D eigenvalue weighted by Gasteiger charge is -2.04. The summed E-state index contributed by atoms with van der Waals surface area (Å²) in [6, 6.07) is 15.1. The van der Waals surface area contributed by atoms with Gasteiger partial charge in [-0.25, -0.2) is 4.98 Å². The van der Waals surface area contributed by atoms with Gasteiger partial charge >= 0.3 is 0 Å². The lowest BCUT2D eigenvalue weighted by Crippen LogP contribution is -2.14. The molecule has 3 aromatic rings. The summed E-state index contributed by atoms with van der Waals surface area (Å²) in [5, 5.41) is 9.69. The third kappa shape index (κ3) is 2.81. The highest BCUT2D eigenvalue weighted by Gasteiger charge is 2.12. The van der Waals surface area contributed by atoms with E-state index in [2.05, 4.69) is 20.5 Å². The Kier molecular flexibility index (Phi) is 3.47. The molecule has 0 saturated carbocycles. The van der Waals surface area contributed by atoms with Crippen molar-refractivity contribution in [3.8, 4) is 11.3 Å². The molecular weight excluding hydrogens is 264 g/mol. The Morgan fingerprint density at radius 3 is 2.71 bits per heavy atom. The summed E-state index contributed by atoms with van der Waals surface area (Å²) in [5.74, 6) is 0.296. The van der Waals surface area contributed by atoms with Crippen molar-refractivity contribution < 1.29 is 4.79 Å². The van der Waals surface area contributed by atoms with Crippen LogP contribution in [0.15, 0.2) is 54.7 Å². The molecule has 1 amide bonds. The van der Waals surface area contributed by atoms with Crippen LogP contribution in [0.3, 0.4) is 0 Å². The molecule has 0 spiro atoms. The number of aryl methyl sites for hydroxylation is 1. The van der Waals surface area contributed by atoms with Crippen LogP contribution in [0.1, 0.15) is 16.1 Å². The Balaban J connectivity index is 1.80. The molecule has 0 radical (unpaired) electrons. The van der Waals surface area contributed by atoms with Crippen LogP contribution in [0.2, 0.25) is 0 Å². The topological polar surface area (TPSA) is 70.7 Å². The summed E-state index contributed by atoms with van der Waals surface area (Å²) >= 11 is 0. The Bertz CT molecular complexity index is 765. The molecule has 0 aliphatic rings. The number of pyridine rings is 1. The Labute approximate surface area is 122 Å². The number of hydrogen-bond donors (Lipinski definition) is 2. The molecule has 0 aliphatic heterocycles. The van der Waals surface area contributed by atoms with E-state index in [1.54, 1.807) is 12.3 Å². The van der Waals surface area contributed by atoms with Gasteiger partial charge in [-0.2, -0.15) is 5.10 Å². The predicted molar refractivity (Wildman–Crippen MR) is 81.0 cm³/mol. The van der Waals surface area contributed by atoms with Gasteiger partial charge in [-0.1, -0.05) is 36.4 Å². The molecule has 2 N–H and O–H groups in total. The monoisotopic (exact) mass is 278 g/mol. The average Bonchev–Trinajstić information content (AvgIpc) is 3.00. The molecule has 5 heteroatoms. The molecule has 0 bridgehead atoms. The van der Waals surface area contributed by atoms with Gasteiger partial charge in [0.05, 0.1) is 5.69 Å². The molecule has 1 aromatic carbocycles. The number of carbonyl (C=O) groups excluding carboxylic acids is 1. The number of H-pyrrole nitrogens is 1. The summed E-state index contributed by atoms with van der Waals surface area (Å²) < 4.78 is 0. The number of anilines is 1. The fraction of sp³-hybridized carbons (Fsp3) is 0.0625. The van der Waals surface area contributed by atoms with Crippen LogP contribution in [0.5, 0.6) is 0 Å². The average molecular weight is 278 g/mol. The molecule has 104 valence electrons. The van der Waals surface area contributed by atoms with Crippen molar-refractivity contribution in [2.24, 2.45) is 0 Å². The van der Waals surface area contributed by atoms with Crippen LogP contribution in [0.25, 0.3) is 11.3 Å². The minimum Gasteiger partial charge on any atom is -0.305 e. The van der Waals surface area contributed by atoms with Gasteiger partial charge < -0.3 is 5.32 Å². The second-order valence-corrected chi connectivity index (χ2v) is 4.66. The van der Waals surface area contributed by atoms with Gasteiger partial charge in [0.25, 0.3) is 5.91 Å². The molecule has 5 nitrogen and oxygen atoms in total. The Morgan fingerprint density at radius 1 is 1.14 bits per heavy atom. The highest BCUT2D eigenvalue weighted by atomic mass is 16.2. The molecule has 3 rings (SSSR count). The number of aromatic amines is 1. The standard InChI is InChI=1S/C16H14N4O/c1-11-6-5-9-17-15(11)18-16(21)14-10-13(19-20-14)12-7-3-2-4-8-12/h2-10H,1H3,(H,19,20)(H,17,18,21). The number of amides is 1. The van der Waals surface area contributed by atoms with Gasteiger partial charge in [-0.3, -0.25) is 9.89 Å². The third-order valence-electron chi connectivity index (χ3n) is 3.13. The van der Waals surface area contributed by atoms with Crippen molar-refractivity contribution in [3.63, 3.8) is 0 Å². The van der Waals surface area contributed by atoms with E-state index in [1.807, 2.05) is 49.4 Å². The van der Waals surface area contributed by atoms with Gasteiger partial charge in [-0.15, -0.1) is 0 Å². The summed E-state index contributed by atoms with van der Waals surface area (Å²) in [6.45, 7) is 1.89. The van der Waals surface area contributed by atoms with Crippen molar-refractivity contribution in [3.05, 3.63) is 66.0 Å². The maximum absolute atomic E-state index is 12.2. The van der Waals surface area contributed by atoms with Crippen molar-refractivity contribution in [1.29, 1.82) is 0 Å². The quantitative estimate of drug-likeness (QED) is 0.773. The SMILES string of the molecule is Cc1cccnc1NC(=O)c1cc(-c2ccccc2)n[nH]1. The number of aromatic nitrogens is 3. The van der Waals surface area contributed by atoms with E-state index in [1.165, 1.54) is 0 Å². The highest BCUT2D eigenvalue weighted by molar-refractivity contribution is 6.03. The number of nitrogens with one attached hydrogen (secondary N) is 2. The maximum Gasteiger partial charge on any atom is 0.274 e. The number of carbonyl (C=O) groups is 1. The molecule has 2 heterocycles. The van der Waals surface area contributed by atoms with E-state index >= 15 is 0 Å². The van der Waals surface area contributed by atoms with E-state index in [0.717, 1.165) is 16.8 Å². The summed E-state index contributed by atoms with van der Waals surface area (Å²) in [5.41, 5.74) is 3.01. The number of rotatable bonds is 3. The first-order chi connectivity index (χ1) is 10.2. The molecule has 0 unspecified atom stereocenters. The second-order valence-electron chi connectivity index (χ2n) is 4.66. The number of hydrogen-bond acceptors (Lipinski definition) is 3. The van der Waals surface area contributed by atoms with Crippen molar-refractivity contribution in [2.75, 3.05) is 5.32 Å². The Hall–Kier alpha value is -2.95. The van der Waals surface area contributed by atoms with Gasteiger partial charge in [-0.05, 0) is 24.6 Å². The van der Waals surface area contributed by atoms with Gasteiger partial charge in [0.15, 0.2) is 0 Å². The molecule has 0 saturated heterocycles. The van der Waals surface area contributed by atoms with Crippen molar-refractivity contribution in [2.45, 2.75) is 6.92 Å². The molecular formula is C16H14N4O. The van der Waals surface area contributed by atoms with Gasteiger partial charge in [0, 0.05) is 11.8 Å². The zero-order chi connectivity index (χ0) is 14.7. The first-order valence-electron chi connectivity index (χ1n) is 6.58. The van der Waals surface area contributed by atoms with Crippen LogP contribution < -0.4 is 5.32 Å². The van der Waals surface area contributed by atoms with E-state index in [4.69, 9.17) is 0 Å². The smallest absolute Gasteiger partial charge is 0.274 e.